The minimum absolute atomic E-state index is 0.372. The molecule has 18 heavy (non-hydrogen) atoms. The fourth-order valence-corrected chi connectivity index (χ4v) is 2.23. The van der Waals surface area contributed by atoms with E-state index in [0.29, 0.717) is 6.42 Å². The van der Waals surface area contributed by atoms with E-state index in [1.54, 1.807) is 12.4 Å². The number of nitrogens with two attached hydrogens (primary N) is 1. The van der Waals surface area contributed by atoms with Gasteiger partial charge in [0.25, 0.3) is 0 Å². The van der Waals surface area contributed by atoms with Crippen molar-refractivity contribution in [1.29, 1.82) is 0 Å². The molecule has 2 rings (SSSR count). The summed E-state index contributed by atoms with van der Waals surface area (Å²) in [5, 5.41) is 3.10. The van der Waals surface area contributed by atoms with E-state index >= 15 is 0 Å². The normalized spacial score (nSPS) is 12.3. The maximum Gasteiger partial charge on any atom is 0.239 e. The lowest BCUT2D eigenvalue weighted by Gasteiger charge is -2.16. The van der Waals surface area contributed by atoms with Gasteiger partial charge in [0, 0.05) is 12.4 Å². The molecule has 0 aliphatic heterocycles. The molecule has 1 unspecified atom stereocenters. The number of amides is 1. The number of benzene rings is 1. The molecule has 1 atom stereocenters. The second-order valence-corrected chi connectivity index (χ2v) is 4.65. The molecule has 0 radical (unpaired) electrons. The molecule has 5 nitrogen and oxygen atoms in total. The SMILES string of the molecule is CCC(Nc1ccc2nccnc2c1Br)C(N)=O. The third-order valence-electron chi connectivity index (χ3n) is 2.66. The van der Waals surface area contributed by atoms with Crippen LogP contribution in [0.15, 0.2) is 29.0 Å². The van der Waals surface area contributed by atoms with Crippen LogP contribution in [0.2, 0.25) is 0 Å². The number of halogens is 1. The Kier molecular flexibility index (Phi) is 3.76. The highest BCUT2D eigenvalue weighted by molar-refractivity contribution is 9.10. The summed E-state index contributed by atoms with van der Waals surface area (Å²) < 4.78 is 0.785. The number of rotatable bonds is 4. The molecule has 3 N–H and O–H groups in total. The van der Waals surface area contributed by atoms with E-state index in [9.17, 15) is 4.79 Å². The van der Waals surface area contributed by atoms with Crippen LogP contribution in [0.5, 0.6) is 0 Å². The molecule has 1 amide bonds. The van der Waals surface area contributed by atoms with Gasteiger partial charge in [0.2, 0.25) is 5.91 Å². The summed E-state index contributed by atoms with van der Waals surface area (Å²) in [6.07, 6.45) is 3.89. The van der Waals surface area contributed by atoms with Crippen molar-refractivity contribution in [3.05, 3.63) is 29.0 Å². The number of aromatic nitrogens is 2. The van der Waals surface area contributed by atoms with E-state index in [0.717, 1.165) is 21.2 Å². The minimum Gasteiger partial charge on any atom is -0.373 e. The molecule has 1 aromatic heterocycles. The monoisotopic (exact) mass is 308 g/mol. The van der Waals surface area contributed by atoms with Crippen LogP contribution >= 0.6 is 15.9 Å². The summed E-state index contributed by atoms with van der Waals surface area (Å²) in [5.41, 5.74) is 7.64. The molecule has 1 aromatic carbocycles. The summed E-state index contributed by atoms with van der Waals surface area (Å²) in [5.74, 6) is -0.372. The molecular weight excluding hydrogens is 296 g/mol. The van der Waals surface area contributed by atoms with E-state index in [4.69, 9.17) is 5.73 Å². The molecule has 0 saturated heterocycles. The number of carbonyl (C=O) groups is 1. The number of carbonyl (C=O) groups excluding carboxylic acids is 1. The van der Waals surface area contributed by atoms with Crippen LogP contribution in [0.25, 0.3) is 11.0 Å². The summed E-state index contributed by atoms with van der Waals surface area (Å²) in [7, 11) is 0. The number of hydrogen-bond acceptors (Lipinski definition) is 4. The van der Waals surface area contributed by atoms with Crippen LogP contribution in [0, 0.1) is 0 Å². The first-order chi connectivity index (χ1) is 8.63. The van der Waals surface area contributed by atoms with Crippen LogP contribution in [-0.4, -0.2) is 21.9 Å². The van der Waals surface area contributed by atoms with Crippen molar-refractivity contribution < 1.29 is 4.79 Å². The second kappa shape index (κ2) is 5.30. The Morgan fingerprint density at radius 3 is 2.83 bits per heavy atom. The summed E-state index contributed by atoms with van der Waals surface area (Å²) in [6.45, 7) is 1.90. The lowest BCUT2D eigenvalue weighted by atomic mass is 10.2. The third kappa shape index (κ3) is 2.43. The highest BCUT2D eigenvalue weighted by Crippen LogP contribution is 2.29. The zero-order valence-corrected chi connectivity index (χ0v) is 11.4. The predicted octanol–water partition coefficient (Wildman–Crippen LogP) is 2.07. The first-order valence-corrected chi connectivity index (χ1v) is 6.38. The fraction of sp³-hybridized carbons (Fsp3) is 0.250. The Morgan fingerprint density at radius 1 is 1.44 bits per heavy atom. The number of hydrogen-bond donors (Lipinski definition) is 2. The summed E-state index contributed by atoms with van der Waals surface area (Å²) in [6, 6.07) is 3.31. The highest BCUT2D eigenvalue weighted by atomic mass is 79.9. The van der Waals surface area contributed by atoms with Gasteiger partial charge in [0.05, 0.1) is 15.7 Å². The molecule has 0 aliphatic carbocycles. The van der Waals surface area contributed by atoms with Crippen molar-refractivity contribution in [2.24, 2.45) is 5.73 Å². The average molecular weight is 309 g/mol. The molecule has 94 valence electrons. The van der Waals surface area contributed by atoms with E-state index < -0.39 is 6.04 Å². The molecule has 6 heteroatoms. The first kappa shape index (κ1) is 12.8. The smallest absolute Gasteiger partial charge is 0.239 e. The van der Waals surface area contributed by atoms with Crippen LogP contribution in [0.1, 0.15) is 13.3 Å². The van der Waals surface area contributed by atoms with Crippen molar-refractivity contribution in [3.63, 3.8) is 0 Å². The van der Waals surface area contributed by atoms with Gasteiger partial charge in [0.1, 0.15) is 11.6 Å². The van der Waals surface area contributed by atoms with Crippen LogP contribution in [0.3, 0.4) is 0 Å². The zero-order chi connectivity index (χ0) is 13.1. The van der Waals surface area contributed by atoms with Gasteiger partial charge in [-0.05, 0) is 34.5 Å². The average Bonchev–Trinajstić information content (AvgIpc) is 2.38. The fourth-order valence-electron chi connectivity index (χ4n) is 1.68. The van der Waals surface area contributed by atoms with Crippen molar-refractivity contribution in [2.45, 2.75) is 19.4 Å². The van der Waals surface area contributed by atoms with E-state index in [-0.39, 0.29) is 5.91 Å². The van der Waals surface area contributed by atoms with E-state index in [2.05, 4.69) is 31.2 Å². The largest absolute Gasteiger partial charge is 0.373 e. The topological polar surface area (TPSA) is 80.9 Å². The van der Waals surface area contributed by atoms with Gasteiger partial charge in [0.15, 0.2) is 0 Å². The number of primary amides is 1. The van der Waals surface area contributed by atoms with Crippen molar-refractivity contribution >= 4 is 38.6 Å². The molecule has 2 aromatic rings. The lowest BCUT2D eigenvalue weighted by Crippen LogP contribution is -2.34. The van der Waals surface area contributed by atoms with Crippen LogP contribution in [-0.2, 0) is 4.79 Å². The summed E-state index contributed by atoms with van der Waals surface area (Å²) in [4.78, 5) is 19.7. The Hall–Kier alpha value is -1.69. The second-order valence-electron chi connectivity index (χ2n) is 3.86. The number of nitrogens with zero attached hydrogens (tertiary/aromatic N) is 2. The Balaban J connectivity index is 2.40. The Bertz CT molecular complexity index is 587. The molecule has 1 heterocycles. The van der Waals surface area contributed by atoms with Crippen LogP contribution < -0.4 is 11.1 Å². The maximum absolute atomic E-state index is 11.2. The molecule has 0 aliphatic rings. The van der Waals surface area contributed by atoms with E-state index in [1.165, 1.54) is 0 Å². The number of anilines is 1. The molecule has 0 fully saturated rings. The van der Waals surface area contributed by atoms with E-state index in [1.807, 2.05) is 19.1 Å². The lowest BCUT2D eigenvalue weighted by molar-refractivity contribution is -0.118. The quantitative estimate of drug-likeness (QED) is 0.906. The Labute approximate surface area is 113 Å². The number of nitrogens with one attached hydrogen (secondary N) is 1. The molecule has 0 bridgehead atoms. The van der Waals surface area contributed by atoms with Gasteiger partial charge >= 0.3 is 0 Å². The molecule has 0 saturated carbocycles. The maximum atomic E-state index is 11.2. The third-order valence-corrected chi connectivity index (χ3v) is 3.46. The predicted molar refractivity (Wildman–Crippen MR) is 74.1 cm³/mol. The van der Waals surface area contributed by atoms with Crippen molar-refractivity contribution in [3.8, 4) is 0 Å². The standard InChI is InChI=1S/C12H13BrN4O/c1-2-7(12(14)18)17-8-3-4-9-11(10(8)13)16-6-5-15-9/h3-7,17H,2H2,1H3,(H2,14,18). The molecular formula is C12H13BrN4O. The van der Waals surface area contributed by atoms with Gasteiger partial charge in [-0.2, -0.15) is 0 Å². The van der Waals surface area contributed by atoms with Crippen molar-refractivity contribution in [2.75, 3.05) is 5.32 Å². The van der Waals surface area contributed by atoms with Crippen LogP contribution in [0.4, 0.5) is 5.69 Å². The van der Waals surface area contributed by atoms with Gasteiger partial charge < -0.3 is 11.1 Å². The van der Waals surface area contributed by atoms with Gasteiger partial charge in [-0.25, -0.2) is 0 Å². The number of fused-ring (bicyclic) bond motifs is 1. The first-order valence-electron chi connectivity index (χ1n) is 5.58. The molecule has 0 spiro atoms. The zero-order valence-electron chi connectivity index (χ0n) is 9.85. The van der Waals surface area contributed by atoms with Gasteiger partial charge in [-0.3, -0.25) is 14.8 Å². The minimum atomic E-state index is -0.393. The van der Waals surface area contributed by atoms with Gasteiger partial charge in [-0.15, -0.1) is 0 Å². The highest BCUT2D eigenvalue weighted by Gasteiger charge is 2.15. The van der Waals surface area contributed by atoms with Gasteiger partial charge in [-0.1, -0.05) is 6.92 Å². The van der Waals surface area contributed by atoms with Crippen molar-refractivity contribution in [1.82, 2.24) is 9.97 Å². The Morgan fingerprint density at radius 2 is 2.17 bits per heavy atom. The summed E-state index contributed by atoms with van der Waals surface area (Å²) >= 11 is 3.47.